The molecular weight excluding hydrogens is 402 g/mol. The molecule has 0 saturated carbocycles. The van der Waals surface area contributed by atoms with Crippen molar-refractivity contribution in [3.05, 3.63) is 59.7 Å². The van der Waals surface area contributed by atoms with E-state index in [4.69, 9.17) is 8.92 Å². The van der Waals surface area contributed by atoms with Crippen LogP contribution in [0.15, 0.2) is 48.5 Å². The average Bonchev–Trinajstić information content (AvgIpc) is 2.73. The van der Waals surface area contributed by atoms with Crippen molar-refractivity contribution in [2.75, 3.05) is 12.4 Å². The zero-order chi connectivity index (χ0) is 22.1. The van der Waals surface area contributed by atoms with Gasteiger partial charge in [0.1, 0.15) is 11.5 Å². The van der Waals surface area contributed by atoms with Crippen molar-refractivity contribution in [2.45, 2.75) is 53.1 Å². The number of hydrogen-bond donors (Lipinski definition) is 0. The van der Waals surface area contributed by atoms with Gasteiger partial charge in [0.15, 0.2) is 0 Å². The minimum atomic E-state index is -3.56. The first kappa shape index (κ1) is 23.7. The minimum absolute atomic E-state index is 0.00521. The molecule has 0 aliphatic rings. The molecule has 0 N–H and O–H groups in total. The van der Waals surface area contributed by atoms with Crippen LogP contribution in [0.5, 0.6) is 11.5 Å². The molecule has 0 aliphatic carbocycles. The molecule has 0 unspecified atom stereocenters. The summed E-state index contributed by atoms with van der Waals surface area (Å²) in [4.78, 5) is 14.8. The van der Waals surface area contributed by atoms with Crippen molar-refractivity contribution < 1.29 is 22.1 Å². The number of nitrogens with zero attached hydrogens (tertiary/aromatic N) is 1. The van der Waals surface area contributed by atoms with Crippen molar-refractivity contribution in [1.29, 1.82) is 0 Å². The first-order chi connectivity index (χ1) is 14.3. The van der Waals surface area contributed by atoms with E-state index in [0.717, 1.165) is 24.2 Å². The monoisotopic (exact) mass is 433 g/mol. The van der Waals surface area contributed by atoms with Gasteiger partial charge in [-0.15, -0.1) is 0 Å². The van der Waals surface area contributed by atoms with Crippen LogP contribution in [0.25, 0.3) is 0 Å². The van der Waals surface area contributed by atoms with E-state index in [0.29, 0.717) is 18.7 Å². The van der Waals surface area contributed by atoms with E-state index in [1.165, 1.54) is 6.92 Å². The van der Waals surface area contributed by atoms with E-state index in [1.54, 1.807) is 41.3 Å². The quantitative estimate of drug-likeness (QED) is 0.381. The van der Waals surface area contributed by atoms with E-state index in [-0.39, 0.29) is 23.5 Å². The van der Waals surface area contributed by atoms with Gasteiger partial charge in [-0.3, -0.25) is 4.79 Å². The van der Waals surface area contributed by atoms with E-state index in [1.807, 2.05) is 26.0 Å². The standard InChI is InChI=1S/C23H31NO5S/c1-5-7-16-28-21-14-10-20(11-15-21)23(25)24(18(3)4)17-19-8-12-22(13-9-19)29-30(26,27)6-2/h8-15,18H,5-7,16-17H2,1-4H3. The second kappa shape index (κ2) is 11.0. The number of hydrogen-bond acceptors (Lipinski definition) is 5. The highest BCUT2D eigenvalue weighted by molar-refractivity contribution is 7.87. The number of carbonyl (C=O) groups excluding carboxylic acids is 1. The fourth-order valence-corrected chi connectivity index (χ4v) is 3.26. The number of ether oxygens (including phenoxy) is 1. The van der Waals surface area contributed by atoms with Gasteiger partial charge < -0.3 is 13.8 Å². The van der Waals surface area contributed by atoms with E-state index < -0.39 is 10.1 Å². The third-order valence-corrected chi connectivity index (χ3v) is 5.76. The highest BCUT2D eigenvalue weighted by atomic mass is 32.2. The van der Waals surface area contributed by atoms with Crippen molar-refractivity contribution >= 4 is 16.0 Å². The van der Waals surface area contributed by atoms with Crippen LogP contribution in [0.4, 0.5) is 0 Å². The molecule has 6 nitrogen and oxygen atoms in total. The molecule has 0 heterocycles. The van der Waals surface area contributed by atoms with E-state index in [2.05, 4.69) is 6.92 Å². The Hall–Kier alpha value is -2.54. The van der Waals surface area contributed by atoms with Crippen LogP contribution in [0.2, 0.25) is 0 Å². The number of rotatable bonds is 11. The molecular formula is C23H31NO5S. The fourth-order valence-electron chi connectivity index (χ4n) is 2.74. The van der Waals surface area contributed by atoms with Gasteiger partial charge in [-0.25, -0.2) is 0 Å². The van der Waals surface area contributed by atoms with Gasteiger partial charge in [0.05, 0.1) is 12.4 Å². The molecule has 2 rings (SSSR count). The molecule has 0 bridgehead atoms. The van der Waals surface area contributed by atoms with Crippen molar-refractivity contribution in [1.82, 2.24) is 4.90 Å². The normalized spacial score (nSPS) is 11.4. The molecule has 0 fully saturated rings. The second-order valence-corrected chi connectivity index (χ2v) is 9.19. The van der Waals surface area contributed by atoms with Crippen LogP contribution in [0.3, 0.4) is 0 Å². The predicted molar refractivity (Wildman–Crippen MR) is 118 cm³/mol. The molecule has 0 radical (unpaired) electrons. The summed E-state index contributed by atoms with van der Waals surface area (Å²) >= 11 is 0. The Labute approximate surface area is 179 Å². The Morgan fingerprint density at radius 3 is 2.10 bits per heavy atom. The largest absolute Gasteiger partial charge is 0.494 e. The molecule has 0 atom stereocenters. The summed E-state index contributed by atoms with van der Waals surface area (Å²) in [6.45, 7) is 8.64. The van der Waals surface area contributed by atoms with Crippen LogP contribution >= 0.6 is 0 Å². The molecule has 0 spiro atoms. The topological polar surface area (TPSA) is 72.9 Å². The lowest BCUT2D eigenvalue weighted by molar-refractivity contribution is 0.0690. The van der Waals surface area contributed by atoms with Crippen LogP contribution in [-0.4, -0.2) is 37.6 Å². The van der Waals surface area contributed by atoms with Crippen LogP contribution in [0.1, 0.15) is 56.5 Å². The van der Waals surface area contributed by atoms with Crippen LogP contribution in [-0.2, 0) is 16.7 Å². The van der Waals surface area contributed by atoms with Crippen LogP contribution < -0.4 is 8.92 Å². The third kappa shape index (κ3) is 7.06. The highest BCUT2D eigenvalue weighted by Gasteiger charge is 2.19. The van der Waals surface area contributed by atoms with Gasteiger partial charge in [0.25, 0.3) is 5.91 Å². The van der Waals surface area contributed by atoms with Crippen molar-refractivity contribution in [3.8, 4) is 11.5 Å². The summed E-state index contributed by atoms with van der Waals surface area (Å²) in [5.74, 6) is 0.863. The number of benzene rings is 2. The van der Waals surface area contributed by atoms with Gasteiger partial charge in [0, 0.05) is 18.2 Å². The summed E-state index contributed by atoms with van der Waals surface area (Å²) in [7, 11) is -3.56. The highest BCUT2D eigenvalue weighted by Crippen LogP contribution is 2.20. The summed E-state index contributed by atoms with van der Waals surface area (Å²) < 4.78 is 33.8. The first-order valence-electron chi connectivity index (χ1n) is 10.3. The lowest BCUT2D eigenvalue weighted by Crippen LogP contribution is -2.36. The Morgan fingerprint density at radius 2 is 1.57 bits per heavy atom. The maximum absolute atomic E-state index is 13.0. The van der Waals surface area contributed by atoms with Gasteiger partial charge in [-0.05, 0) is 69.2 Å². The van der Waals surface area contributed by atoms with E-state index >= 15 is 0 Å². The summed E-state index contributed by atoms with van der Waals surface area (Å²) in [6, 6.07) is 14.0. The maximum Gasteiger partial charge on any atom is 0.308 e. The maximum atomic E-state index is 13.0. The summed E-state index contributed by atoms with van der Waals surface area (Å²) in [6.07, 6.45) is 2.07. The molecule has 7 heteroatoms. The molecule has 2 aromatic carbocycles. The van der Waals surface area contributed by atoms with Gasteiger partial charge in [-0.1, -0.05) is 25.5 Å². The number of carbonyl (C=O) groups is 1. The number of amides is 1. The zero-order valence-electron chi connectivity index (χ0n) is 18.1. The minimum Gasteiger partial charge on any atom is -0.494 e. The summed E-state index contributed by atoms with van der Waals surface area (Å²) in [5.41, 5.74) is 1.48. The predicted octanol–water partition coefficient (Wildman–Crippen LogP) is 4.64. The van der Waals surface area contributed by atoms with E-state index in [9.17, 15) is 13.2 Å². The van der Waals surface area contributed by atoms with Crippen molar-refractivity contribution in [2.24, 2.45) is 0 Å². The third-order valence-electron chi connectivity index (χ3n) is 4.61. The molecule has 0 aromatic heterocycles. The Kier molecular flexibility index (Phi) is 8.72. The average molecular weight is 434 g/mol. The molecule has 30 heavy (non-hydrogen) atoms. The molecule has 0 aliphatic heterocycles. The first-order valence-corrected chi connectivity index (χ1v) is 11.9. The molecule has 0 saturated heterocycles. The number of unbranched alkanes of at least 4 members (excludes halogenated alkanes) is 1. The van der Waals surface area contributed by atoms with Gasteiger partial charge in [-0.2, -0.15) is 8.42 Å². The molecule has 1 amide bonds. The Morgan fingerprint density at radius 1 is 0.967 bits per heavy atom. The van der Waals surface area contributed by atoms with Crippen molar-refractivity contribution in [3.63, 3.8) is 0 Å². The smallest absolute Gasteiger partial charge is 0.308 e. The van der Waals surface area contributed by atoms with Gasteiger partial charge >= 0.3 is 10.1 Å². The van der Waals surface area contributed by atoms with Crippen LogP contribution in [0, 0.1) is 0 Å². The Balaban J connectivity index is 2.07. The second-order valence-electron chi connectivity index (χ2n) is 7.33. The fraction of sp³-hybridized carbons (Fsp3) is 0.435. The SMILES string of the molecule is CCCCOc1ccc(C(=O)N(Cc2ccc(OS(=O)(=O)CC)cc2)C(C)C)cc1. The summed E-state index contributed by atoms with van der Waals surface area (Å²) in [5, 5.41) is 0. The van der Waals surface area contributed by atoms with Gasteiger partial charge in [0.2, 0.25) is 0 Å². The zero-order valence-corrected chi connectivity index (χ0v) is 18.9. The lowest BCUT2D eigenvalue weighted by Gasteiger charge is -2.27. The molecule has 2 aromatic rings. The lowest BCUT2D eigenvalue weighted by atomic mass is 10.1. The molecule has 164 valence electrons. The Bertz CT molecular complexity index is 906.